The quantitative estimate of drug-likeness (QED) is 0.720. The summed E-state index contributed by atoms with van der Waals surface area (Å²) in [4.78, 5) is 19.0. The Hall–Kier alpha value is -2.51. The van der Waals surface area contributed by atoms with Crippen LogP contribution in [0.4, 0.5) is 13.2 Å². The number of aliphatic carboxylic acids is 2. The van der Waals surface area contributed by atoms with Gasteiger partial charge < -0.3 is 15.3 Å². The van der Waals surface area contributed by atoms with E-state index in [-0.39, 0.29) is 5.75 Å². The van der Waals surface area contributed by atoms with Gasteiger partial charge in [0.2, 0.25) is 0 Å². The summed E-state index contributed by atoms with van der Waals surface area (Å²) in [6, 6.07) is 6.27. The van der Waals surface area contributed by atoms with E-state index < -0.39 is 18.1 Å². The molecule has 19 heavy (non-hydrogen) atoms. The maximum absolute atomic E-state index is 10.6. The van der Waals surface area contributed by atoms with Crippen molar-refractivity contribution >= 4 is 18.0 Å². The summed E-state index contributed by atoms with van der Waals surface area (Å²) in [5.41, 5.74) is 0.746. The fourth-order valence-corrected chi connectivity index (χ4v) is 0.753. The molecule has 1 rings (SSSR count). The molecule has 0 saturated heterocycles. The van der Waals surface area contributed by atoms with Crippen molar-refractivity contribution in [1.82, 2.24) is 0 Å². The number of halogens is 3. The molecule has 0 saturated carbocycles. The predicted octanol–water partition coefficient (Wildman–Crippen LogP) is 2.12. The summed E-state index contributed by atoms with van der Waals surface area (Å²) < 4.78 is 31.7. The van der Waals surface area contributed by atoms with Crippen LogP contribution in [0.1, 0.15) is 5.56 Å². The topological polar surface area (TPSA) is 94.8 Å². The molecule has 8 heteroatoms. The van der Waals surface area contributed by atoms with Crippen LogP contribution in [0.15, 0.2) is 30.3 Å². The summed E-state index contributed by atoms with van der Waals surface area (Å²) >= 11 is 0. The maximum atomic E-state index is 10.6. The lowest BCUT2D eigenvalue weighted by Crippen LogP contribution is -2.21. The second-order valence-corrected chi connectivity index (χ2v) is 3.07. The Morgan fingerprint density at radius 3 is 1.79 bits per heavy atom. The van der Waals surface area contributed by atoms with Crippen molar-refractivity contribution in [3.63, 3.8) is 0 Å². The molecule has 1 aromatic rings. The summed E-state index contributed by atoms with van der Waals surface area (Å²) in [6.45, 7) is 0. The minimum Gasteiger partial charge on any atom is -0.508 e. The Morgan fingerprint density at radius 2 is 1.47 bits per heavy atom. The number of carbonyl (C=O) groups is 2. The average Bonchev–Trinajstić information content (AvgIpc) is 2.27. The molecule has 0 unspecified atom stereocenters. The van der Waals surface area contributed by atoms with E-state index in [1.807, 2.05) is 0 Å². The normalized spacial score (nSPS) is 10.7. The summed E-state index contributed by atoms with van der Waals surface area (Å²) in [6.07, 6.45) is -2.58. The zero-order valence-corrected chi connectivity index (χ0v) is 9.26. The third-order valence-electron chi connectivity index (χ3n) is 1.55. The Bertz CT molecular complexity index is 462. The van der Waals surface area contributed by atoms with E-state index >= 15 is 0 Å². The summed E-state index contributed by atoms with van der Waals surface area (Å²) in [7, 11) is 0. The van der Waals surface area contributed by atoms with Gasteiger partial charge in [0.15, 0.2) is 0 Å². The highest BCUT2D eigenvalue weighted by molar-refractivity contribution is 5.85. The first-order valence-corrected chi connectivity index (χ1v) is 4.63. The highest BCUT2D eigenvalue weighted by Gasteiger charge is 2.38. The molecule has 0 bridgehead atoms. The molecular formula is C11H9F3O5. The average molecular weight is 278 g/mol. The molecule has 0 aromatic heterocycles. The lowest BCUT2D eigenvalue weighted by Gasteiger charge is -1.93. The Kier molecular flexibility index (Phi) is 6.11. The molecule has 0 radical (unpaired) electrons. The number of carboxylic acids is 2. The second-order valence-electron chi connectivity index (χ2n) is 3.07. The molecule has 0 amide bonds. The zero-order valence-electron chi connectivity index (χ0n) is 9.26. The first kappa shape index (κ1) is 16.5. The molecule has 104 valence electrons. The van der Waals surface area contributed by atoms with Crippen LogP contribution >= 0.6 is 0 Å². The van der Waals surface area contributed by atoms with E-state index in [4.69, 9.17) is 20.1 Å². The van der Waals surface area contributed by atoms with Crippen molar-refractivity contribution in [3.05, 3.63) is 35.9 Å². The molecule has 1 aromatic carbocycles. The highest BCUT2D eigenvalue weighted by atomic mass is 19.4. The number of carboxylic acid groups (broad SMARTS) is 2. The molecule has 0 spiro atoms. The van der Waals surface area contributed by atoms with Gasteiger partial charge in [0.25, 0.3) is 0 Å². The molecule has 0 heterocycles. The predicted molar refractivity (Wildman–Crippen MR) is 58.5 cm³/mol. The standard InChI is InChI=1S/C9H8O3.C2HF3O2/c10-8-4-1-7(2-5-8)3-6-9(11)12;3-2(4,5)1(6)7/h1-6,10H,(H,11,12);(H,6,7). The van der Waals surface area contributed by atoms with Crippen LogP contribution in [-0.4, -0.2) is 33.4 Å². The van der Waals surface area contributed by atoms with Gasteiger partial charge in [-0.1, -0.05) is 12.1 Å². The SMILES string of the molecule is O=C(O)C(F)(F)F.O=C(O)C=Cc1ccc(O)cc1. The molecule has 0 fully saturated rings. The van der Waals surface area contributed by atoms with Gasteiger partial charge in [-0.05, 0) is 23.8 Å². The molecule has 0 aliphatic carbocycles. The molecule has 0 aliphatic rings. The minimum atomic E-state index is -5.08. The number of aromatic hydroxyl groups is 1. The number of phenols is 1. The fraction of sp³-hybridized carbons (Fsp3) is 0.0909. The number of hydrogen-bond acceptors (Lipinski definition) is 3. The van der Waals surface area contributed by atoms with Crippen LogP contribution in [0.2, 0.25) is 0 Å². The summed E-state index contributed by atoms with van der Waals surface area (Å²) in [5, 5.41) is 24.3. The van der Waals surface area contributed by atoms with Gasteiger partial charge in [0.1, 0.15) is 5.75 Å². The van der Waals surface area contributed by atoms with Crippen molar-refractivity contribution in [2.24, 2.45) is 0 Å². The lowest BCUT2D eigenvalue weighted by molar-refractivity contribution is -0.192. The number of rotatable bonds is 2. The van der Waals surface area contributed by atoms with Gasteiger partial charge >= 0.3 is 18.1 Å². The van der Waals surface area contributed by atoms with Crippen molar-refractivity contribution in [1.29, 1.82) is 0 Å². The van der Waals surface area contributed by atoms with Crippen LogP contribution < -0.4 is 0 Å². The monoisotopic (exact) mass is 278 g/mol. The van der Waals surface area contributed by atoms with Crippen molar-refractivity contribution in [3.8, 4) is 5.75 Å². The van der Waals surface area contributed by atoms with E-state index in [1.54, 1.807) is 12.1 Å². The van der Waals surface area contributed by atoms with Crippen LogP contribution in [0.25, 0.3) is 6.08 Å². The van der Waals surface area contributed by atoms with Gasteiger partial charge in [0.05, 0.1) is 0 Å². The van der Waals surface area contributed by atoms with Gasteiger partial charge in [-0.3, -0.25) is 0 Å². The molecule has 0 aliphatic heterocycles. The Morgan fingerprint density at radius 1 is 1.05 bits per heavy atom. The van der Waals surface area contributed by atoms with Gasteiger partial charge in [-0.15, -0.1) is 0 Å². The van der Waals surface area contributed by atoms with Crippen molar-refractivity contribution in [2.45, 2.75) is 6.18 Å². The highest BCUT2D eigenvalue weighted by Crippen LogP contribution is 2.13. The van der Waals surface area contributed by atoms with Gasteiger partial charge in [0, 0.05) is 6.08 Å². The molecular weight excluding hydrogens is 269 g/mol. The van der Waals surface area contributed by atoms with Crippen LogP contribution in [0.3, 0.4) is 0 Å². The van der Waals surface area contributed by atoms with Crippen molar-refractivity contribution < 1.29 is 38.1 Å². The van der Waals surface area contributed by atoms with E-state index in [0.717, 1.165) is 11.6 Å². The van der Waals surface area contributed by atoms with E-state index in [9.17, 15) is 18.0 Å². The van der Waals surface area contributed by atoms with E-state index in [1.165, 1.54) is 18.2 Å². The zero-order chi connectivity index (χ0) is 15.1. The summed E-state index contributed by atoms with van der Waals surface area (Å²) in [5.74, 6) is -3.57. The third-order valence-corrected chi connectivity index (χ3v) is 1.55. The van der Waals surface area contributed by atoms with E-state index in [2.05, 4.69) is 0 Å². The first-order valence-electron chi connectivity index (χ1n) is 4.63. The number of benzene rings is 1. The van der Waals surface area contributed by atoms with Gasteiger partial charge in [-0.2, -0.15) is 13.2 Å². The van der Waals surface area contributed by atoms with Gasteiger partial charge in [-0.25, -0.2) is 9.59 Å². The Labute approximate surface area is 105 Å². The smallest absolute Gasteiger partial charge is 0.490 e. The lowest BCUT2D eigenvalue weighted by atomic mass is 10.2. The maximum Gasteiger partial charge on any atom is 0.490 e. The number of phenolic OH excluding ortho intramolecular Hbond substituents is 1. The fourth-order valence-electron chi connectivity index (χ4n) is 0.753. The Balaban J connectivity index is 0.000000399. The molecule has 0 atom stereocenters. The molecule has 5 nitrogen and oxygen atoms in total. The van der Waals surface area contributed by atoms with Crippen molar-refractivity contribution in [2.75, 3.05) is 0 Å². The third kappa shape index (κ3) is 8.25. The number of alkyl halides is 3. The minimum absolute atomic E-state index is 0.169. The van der Waals surface area contributed by atoms with Crippen LogP contribution in [-0.2, 0) is 9.59 Å². The first-order chi connectivity index (χ1) is 8.62. The van der Waals surface area contributed by atoms with Crippen LogP contribution in [0.5, 0.6) is 5.75 Å². The largest absolute Gasteiger partial charge is 0.508 e. The molecule has 3 N–H and O–H groups in total. The second kappa shape index (κ2) is 7.04. The number of hydrogen-bond donors (Lipinski definition) is 3. The van der Waals surface area contributed by atoms with E-state index in [0.29, 0.717) is 0 Å². The van der Waals surface area contributed by atoms with Crippen LogP contribution in [0, 0.1) is 0 Å².